The van der Waals surface area contributed by atoms with E-state index in [1.54, 1.807) is 0 Å². The van der Waals surface area contributed by atoms with E-state index < -0.39 is 18.1 Å². The Labute approximate surface area is 106 Å². The minimum atomic E-state index is -1.03. The highest BCUT2D eigenvalue weighted by Crippen LogP contribution is 2.21. The van der Waals surface area contributed by atoms with E-state index in [-0.39, 0.29) is 24.9 Å². The zero-order valence-electron chi connectivity index (χ0n) is 10.3. The second-order valence-electron chi connectivity index (χ2n) is 5.09. The number of carbonyl (C=O) groups is 2. The summed E-state index contributed by atoms with van der Waals surface area (Å²) >= 11 is 0. The maximum atomic E-state index is 12.3. The van der Waals surface area contributed by atoms with Crippen molar-refractivity contribution in [1.82, 2.24) is 10.2 Å². The molecule has 2 fully saturated rings. The van der Waals surface area contributed by atoms with Crippen LogP contribution in [-0.2, 0) is 9.59 Å². The van der Waals surface area contributed by atoms with E-state index in [4.69, 9.17) is 5.11 Å². The molecular weight excluding hydrogens is 236 g/mol. The van der Waals surface area contributed by atoms with Crippen LogP contribution in [0.2, 0.25) is 0 Å². The van der Waals surface area contributed by atoms with Gasteiger partial charge in [-0.3, -0.25) is 4.79 Å². The number of hydrogen-bond acceptors (Lipinski definition) is 4. The van der Waals surface area contributed by atoms with E-state index in [2.05, 4.69) is 5.32 Å². The first-order valence-corrected chi connectivity index (χ1v) is 6.54. The van der Waals surface area contributed by atoms with Crippen molar-refractivity contribution < 1.29 is 19.8 Å². The molecule has 18 heavy (non-hydrogen) atoms. The summed E-state index contributed by atoms with van der Waals surface area (Å²) in [4.78, 5) is 24.7. The van der Waals surface area contributed by atoms with Gasteiger partial charge < -0.3 is 20.4 Å². The SMILES string of the molecule is O=C(O)[C@@H]1C[C@@H](O)CN1C(=O)C1CCCCCN1. The van der Waals surface area contributed by atoms with E-state index in [0.717, 1.165) is 32.2 Å². The smallest absolute Gasteiger partial charge is 0.326 e. The number of carbonyl (C=O) groups excluding carboxylic acids is 1. The second-order valence-corrected chi connectivity index (χ2v) is 5.09. The fraction of sp³-hybridized carbons (Fsp3) is 0.833. The lowest BCUT2D eigenvalue weighted by Gasteiger charge is -2.26. The summed E-state index contributed by atoms with van der Waals surface area (Å²) in [6.45, 7) is 0.929. The highest BCUT2D eigenvalue weighted by Gasteiger charge is 2.41. The molecule has 0 aliphatic carbocycles. The zero-order chi connectivity index (χ0) is 13.1. The van der Waals surface area contributed by atoms with Crippen LogP contribution in [0.15, 0.2) is 0 Å². The summed E-state index contributed by atoms with van der Waals surface area (Å²) < 4.78 is 0. The summed E-state index contributed by atoms with van der Waals surface area (Å²) in [7, 11) is 0. The molecule has 1 amide bonds. The number of β-amino-alcohol motifs (C(OH)–C–C–N with tert-alkyl or cyclic N) is 1. The van der Waals surface area contributed by atoms with Gasteiger partial charge in [0.15, 0.2) is 0 Å². The molecule has 2 saturated heterocycles. The average Bonchev–Trinajstić information content (AvgIpc) is 2.56. The molecule has 0 spiro atoms. The molecule has 2 heterocycles. The predicted molar refractivity (Wildman–Crippen MR) is 64.0 cm³/mol. The van der Waals surface area contributed by atoms with E-state index >= 15 is 0 Å². The predicted octanol–water partition coefficient (Wildman–Crippen LogP) is -0.435. The van der Waals surface area contributed by atoms with Crippen LogP contribution < -0.4 is 5.32 Å². The third-order valence-corrected chi connectivity index (χ3v) is 3.71. The normalized spacial score (nSPS) is 33.2. The minimum Gasteiger partial charge on any atom is -0.480 e. The Morgan fingerprint density at radius 1 is 1.22 bits per heavy atom. The number of amides is 1. The van der Waals surface area contributed by atoms with Crippen molar-refractivity contribution in [1.29, 1.82) is 0 Å². The fourth-order valence-electron chi connectivity index (χ4n) is 2.73. The summed E-state index contributed by atoms with van der Waals surface area (Å²) in [5, 5.41) is 21.8. The summed E-state index contributed by atoms with van der Waals surface area (Å²) in [6.07, 6.45) is 3.29. The Balaban J connectivity index is 2.04. The van der Waals surface area contributed by atoms with Crippen molar-refractivity contribution in [2.24, 2.45) is 0 Å². The first kappa shape index (κ1) is 13.3. The van der Waals surface area contributed by atoms with Gasteiger partial charge in [0.2, 0.25) is 5.91 Å². The standard InChI is InChI=1S/C12H20N2O4/c15-8-6-10(12(17)18)14(7-8)11(16)9-4-2-1-3-5-13-9/h8-10,13,15H,1-7H2,(H,17,18)/t8-,9?,10+/m1/s1. The number of carboxylic acid groups (broad SMARTS) is 1. The molecule has 2 rings (SSSR count). The van der Waals surface area contributed by atoms with Crippen LogP contribution in [0.25, 0.3) is 0 Å². The van der Waals surface area contributed by atoms with Crippen molar-refractivity contribution in [2.75, 3.05) is 13.1 Å². The monoisotopic (exact) mass is 256 g/mol. The van der Waals surface area contributed by atoms with Gasteiger partial charge in [-0.1, -0.05) is 12.8 Å². The molecule has 0 saturated carbocycles. The van der Waals surface area contributed by atoms with Crippen molar-refractivity contribution in [2.45, 2.75) is 50.3 Å². The summed E-state index contributed by atoms with van der Waals surface area (Å²) in [5.74, 6) is -1.21. The summed E-state index contributed by atoms with van der Waals surface area (Å²) in [5.41, 5.74) is 0. The van der Waals surface area contributed by atoms with Crippen molar-refractivity contribution in [3.63, 3.8) is 0 Å². The molecule has 6 nitrogen and oxygen atoms in total. The number of likely N-dealkylation sites (tertiary alicyclic amines) is 1. The number of hydrogen-bond donors (Lipinski definition) is 3. The lowest BCUT2D eigenvalue weighted by molar-refractivity contribution is -0.149. The average molecular weight is 256 g/mol. The molecule has 6 heteroatoms. The Morgan fingerprint density at radius 2 is 2.00 bits per heavy atom. The highest BCUT2D eigenvalue weighted by molar-refractivity contribution is 5.87. The zero-order valence-corrected chi connectivity index (χ0v) is 10.3. The second kappa shape index (κ2) is 5.67. The molecule has 0 aromatic carbocycles. The molecule has 3 N–H and O–H groups in total. The van der Waals surface area contributed by atoms with Crippen LogP contribution >= 0.6 is 0 Å². The molecule has 0 aromatic heterocycles. The molecule has 2 aliphatic rings. The number of nitrogens with zero attached hydrogens (tertiary/aromatic N) is 1. The molecule has 0 radical (unpaired) electrons. The van der Waals surface area contributed by atoms with Gasteiger partial charge in [0, 0.05) is 13.0 Å². The molecule has 102 valence electrons. The molecule has 2 aliphatic heterocycles. The van der Waals surface area contributed by atoms with Gasteiger partial charge >= 0.3 is 5.97 Å². The summed E-state index contributed by atoms with van der Waals surface area (Å²) in [6, 6.07) is -1.17. The minimum absolute atomic E-state index is 0.133. The number of nitrogens with one attached hydrogen (secondary N) is 1. The number of carboxylic acids is 1. The quantitative estimate of drug-likeness (QED) is 0.623. The van der Waals surface area contributed by atoms with Gasteiger partial charge in [-0.2, -0.15) is 0 Å². The van der Waals surface area contributed by atoms with Gasteiger partial charge in [0.1, 0.15) is 6.04 Å². The Morgan fingerprint density at radius 3 is 2.72 bits per heavy atom. The number of aliphatic hydroxyl groups excluding tert-OH is 1. The topological polar surface area (TPSA) is 89.9 Å². The van der Waals surface area contributed by atoms with E-state index in [1.807, 2.05) is 0 Å². The van der Waals surface area contributed by atoms with Crippen LogP contribution in [0.3, 0.4) is 0 Å². The fourth-order valence-corrected chi connectivity index (χ4v) is 2.73. The maximum Gasteiger partial charge on any atom is 0.326 e. The van der Waals surface area contributed by atoms with Crippen LogP contribution in [0.1, 0.15) is 32.1 Å². The lowest BCUT2D eigenvalue weighted by Crippen LogP contribution is -2.50. The largest absolute Gasteiger partial charge is 0.480 e. The number of aliphatic hydroxyl groups is 1. The lowest BCUT2D eigenvalue weighted by atomic mass is 10.1. The van der Waals surface area contributed by atoms with Crippen LogP contribution in [-0.4, -0.2) is 58.3 Å². The van der Waals surface area contributed by atoms with Crippen molar-refractivity contribution in [3.8, 4) is 0 Å². The highest BCUT2D eigenvalue weighted by atomic mass is 16.4. The van der Waals surface area contributed by atoms with E-state index in [0.29, 0.717) is 0 Å². The number of rotatable bonds is 2. The van der Waals surface area contributed by atoms with Crippen LogP contribution in [0.4, 0.5) is 0 Å². The number of aliphatic carboxylic acids is 1. The van der Waals surface area contributed by atoms with Crippen LogP contribution in [0.5, 0.6) is 0 Å². The van der Waals surface area contributed by atoms with E-state index in [9.17, 15) is 14.7 Å². The molecule has 3 atom stereocenters. The first-order chi connectivity index (χ1) is 8.59. The van der Waals surface area contributed by atoms with E-state index in [1.165, 1.54) is 4.90 Å². The van der Waals surface area contributed by atoms with Gasteiger partial charge in [0.05, 0.1) is 12.1 Å². The van der Waals surface area contributed by atoms with Gasteiger partial charge in [0.25, 0.3) is 0 Å². The van der Waals surface area contributed by atoms with Gasteiger partial charge in [-0.25, -0.2) is 4.79 Å². The Bertz CT molecular complexity index is 326. The molecule has 1 unspecified atom stereocenters. The van der Waals surface area contributed by atoms with Gasteiger partial charge in [-0.15, -0.1) is 0 Å². The van der Waals surface area contributed by atoms with Crippen LogP contribution in [0, 0.1) is 0 Å². The van der Waals surface area contributed by atoms with Crippen molar-refractivity contribution in [3.05, 3.63) is 0 Å². The molecule has 0 aromatic rings. The Kier molecular flexibility index (Phi) is 4.19. The third kappa shape index (κ3) is 2.81. The third-order valence-electron chi connectivity index (χ3n) is 3.71. The maximum absolute atomic E-state index is 12.3. The first-order valence-electron chi connectivity index (χ1n) is 6.54. The molecule has 0 bridgehead atoms. The van der Waals surface area contributed by atoms with Gasteiger partial charge in [-0.05, 0) is 19.4 Å². The Hall–Kier alpha value is -1.14. The molecular formula is C12H20N2O4. The van der Waals surface area contributed by atoms with Crippen molar-refractivity contribution >= 4 is 11.9 Å².